The summed E-state index contributed by atoms with van der Waals surface area (Å²) in [5.41, 5.74) is 0.373. The van der Waals surface area contributed by atoms with Gasteiger partial charge in [0.15, 0.2) is 0 Å². The van der Waals surface area contributed by atoms with Crippen molar-refractivity contribution in [1.82, 2.24) is 4.98 Å². The largest absolute Gasteiger partial charge is 0.393 e. The van der Waals surface area contributed by atoms with Gasteiger partial charge in [0.2, 0.25) is 0 Å². The molecule has 1 aromatic rings. The Morgan fingerprint density at radius 1 is 1.47 bits per heavy atom. The molecule has 104 valence electrons. The van der Waals surface area contributed by atoms with E-state index in [-0.39, 0.29) is 17.7 Å². The lowest BCUT2D eigenvalue weighted by Crippen LogP contribution is -2.30. The van der Waals surface area contributed by atoms with Crippen LogP contribution in [0.15, 0.2) is 16.9 Å². The molecule has 0 bridgehead atoms. The zero-order valence-corrected chi connectivity index (χ0v) is 12.0. The highest BCUT2D eigenvalue weighted by atomic mass is 79.9. The number of hydrogen-bond acceptors (Lipinski definition) is 5. The normalized spacial score (nSPS) is 23.1. The van der Waals surface area contributed by atoms with Crippen molar-refractivity contribution in [3.05, 3.63) is 27.0 Å². The van der Waals surface area contributed by atoms with Gasteiger partial charge in [-0.05, 0) is 28.8 Å². The molecule has 6 nitrogen and oxygen atoms in total. The van der Waals surface area contributed by atoms with Gasteiger partial charge in [-0.3, -0.25) is 15.1 Å². The SMILES string of the molecule is O=[N+]([O-])c1cncc(Br)c1NCC1CCCCC1O. The second-order valence-corrected chi connectivity index (χ2v) is 5.62. The lowest BCUT2D eigenvalue weighted by Gasteiger charge is -2.28. The topological polar surface area (TPSA) is 88.3 Å². The first kappa shape index (κ1) is 14.2. The zero-order valence-electron chi connectivity index (χ0n) is 10.4. The number of aromatic nitrogens is 1. The molecule has 1 fully saturated rings. The Labute approximate surface area is 119 Å². The Morgan fingerprint density at radius 2 is 2.21 bits per heavy atom. The van der Waals surface area contributed by atoms with Crippen LogP contribution in [0, 0.1) is 16.0 Å². The van der Waals surface area contributed by atoms with Crippen LogP contribution in [0.1, 0.15) is 25.7 Å². The third-order valence-electron chi connectivity index (χ3n) is 3.49. The van der Waals surface area contributed by atoms with Crippen molar-refractivity contribution in [2.24, 2.45) is 5.92 Å². The maximum Gasteiger partial charge on any atom is 0.311 e. The molecule has 1 aliphatic rings. The molecule has 0 spiro atoms. The van der Waals surface area contributed by atoms with Gasteiger partial charge in [-0.2, -0.15) is 0 Å². The van der Waals surface area contributed by atoms with Gasteiger partial charge in [0.1, 0.15) is 11.9 Å². The summed E-state index contributed by atoms with van der Waals surface area (Å²) >= 11 is 3.26. The molecule has 1 aromatic heterocycles. The number of anilines is 1. The summed E-state index contributed by atoms with van der Waals surface area (Å²) in [4.78, 5) is 14.3. The van der Waals surface area contributed by atoms with Crippen molar-refractivity contribution in [2.75, 3.05) is 11.9 Å². The van der Waals surface area contributed by atoms with Gasteiger partial charge in [-0.15, -0.1) is 0 Å². The molecule has 2 unspecified atom stereocenters. The van der Waals surface area contributed by atoms with Crippen molar-refractivity contribution >= 4 is 27.3 Å². The molecule has 0 aromatic carbocycles. The van der Waals surface area contributed by atoms with Gasteiger partial charge >= 0.3 is 5.69 Å². The Morgan fingerprint density at radius 3 is 2.89 bits per heavy atom. The molecule has 2 rings (SSSR count). The van der Waals surface area contributed by atoms with Crippen molar-refractivity contribution in [3.63, 3.8) is 0 Å². The first-order valence-electron chi connectivity index (χ1n) is 6.29. The third-order valence-corrected chi connectivity index (χ3v) is 4.09. The second kappa shape index (κ2) is 6.29. The van der Waals surface area contributed by atoms with E-state index in [0.29, 0.717) is 16.7 Å². The van der Waals surface area contributed by atoms with Crippen LogP contribution in [0.25, 0.3) is 0 Å². The molecular formula is C12H16BrN3O3. The van der Waals surface area contributed by atoms with Crippen molar-refractivity contribution in [3.8, 4) is 0 Å². The number of nitro groups is 1. The summed E-state index contributed by atoms with van der Waals surface area (Å²) in [6.45, 7) is 0.532. The van der Waals surface area contributed by atoms with E-state index in [0.717, 1.165) is 25.7 Å². The second-order valence-electron chi connectivity index (χ2n) is 4.77. The van der Waals surface area contributed by atoms with Gasteiger partial charge in [-0.25, -0.2) is 0 Å². The zero-order chi connectivity index (χ0) is 13.8. The summed E-state index contributed by atoms with van der Waals surface area (Å²) < 4.78 is 0.562. The maximum atomic E-state index is 10.9. The number of aliphatic hydroxyl groups is 1. The van der Waals surface area contributed by atoms with Gasteiger partial charge < -0.3 is 10.4 Å². The fraction of sp³-hybridized carbons (Fsp3) is 0.583. The van der Waals surface area contributed by atoms with E-state index in [4.69, 9.17) is 0 Å². The fourth-order valence-corrected chi connectivity index (χ4v) is 2.86. The van der Waals surface area contributed by atoms with Gasteiger partial charge in [0.05, 0.1) is 15.5 Å². The number of nitrogens with one attached hydrogen (secondary N) is 1. The number of halogens is 1. The van der Waals surface area contributed by atoms with Crippen LogP contribution in [0.5, 0.6) is 0 Å². The maximum absolute atomic E-state index is 10.9. The Balaban J connectivity index is 2.08. The molecule has 0 saturated heterocycles. The van der Waals surface area contributed by atoms with E-state index in [9.17, 15) is 15.2 Å². The highest BCUT2D eigenvalue weighted by Crippen LogP contribution is 2.32. The summed E-state index contributed by atoms with van der Waals surface area (Å²) in [6.07, 6.45) is 6.34. The van der Waals surface area contributed by atoms with Crippen LogP contribution in [-0.2, 0) is 0 Å². The van der Waals surface area contributed by atoms with Gasteiger partial charge in [0.25, 0.3) is 0 Å². The van der Waals surface area contributed by atoms with Crippen molar-refractivity contribution in [1.29, 1.82) is 0 Å². The fourth-order valence-electron chi connectivity index (χ4n) is 2.40. The third kappa shape index (κ3) is 3.42. The molecule has 0 radical (unpaired) electrons. The number of hydrogen-bond donors (Lipinski definition) is 2. The Kier molecular flexibility index (Phi) is 4.71. The smallest absolute Gasteiger partial charge is 0.311 e. The summed E-state index contributed by atoms with van der Waals surface area (Å²) in [7, 11) is 0. The van der Waals surface area contributed by atoms with Gasteiger partial charge in [-0.1, -0.05) is 12.8 Å². The molecule has 7 heteroatoms. The molecule has 2 atom stereocenters. The predicted molar refractivity (Wildman–Crippen MR) is 75.0 cm³/mol. The number of rotatable bonds is 4. The van der Waals surface area contributed by atoms with E-state index in [1.807, 2.05) is 0 Å². The molecular weight excluding hydrogens is 314 g/mol. The molecule has 19 heavy (non-hydrogen) atoms. The van der Waals surface area contributed by atoms with Crippen molar-refractivity contribution < 1.29 is 10.0 Å². The lowest BCUT2D eigenvalue weighted by molar-refractivity contribution is -0.384. The molecule has 1 saturated carbocycles. The number of aliphatic hydroxyl groups excluding tert-OH is 1. The standard InChI is InChI=1S/C12H16BrN3O3/c13-9-6-14-7-10(16(18)19)12(9)15-5-8-3-1-2-4-11(8)17/h6-8,11,17H,1-5H2,(H,14,15). The van der Waals surface area contributed by atoms with Crippen LogP contribution in [0.3, 0.4) is 0 Å². The van der Waals surface area contributed by atoms with Crippen LogP contribution in [0.2, 0.25) is 0 Å². The molecule has 0 amide bonds. The quantitative estimate of drug-likeness (QED) is 0.655. The minimum absolute atomic E-state index is 0.0559. The first-order chi connectivity index (χ1) is 9.09. The molecule has 2 N–H and O–H groups in total. The van der Waals surface area contributed by atoms with Crippen LogP contribution in [-0.4, -0.2) is 27.7 Å². The molecule has 1 aliphatic carbocycles. The summed E-state index contributed by atoms with van der Waals surface area (Å²) in [6, 6.07) is 0. The predicted octanol–water partition coefficient (Wildman–Crippen LogP) is 2.72. The monoisotopic (exact) mass is 329 g/mol. The van der Waals surface area contributed by atoms with E-state index in [2.05, 4.69) is 26.2 Å². The Bertz CT molecular complexity index is 470. The molecule has 0 aliphatic heterocycles. The Hall–Kier alpha value is -1.21. The number of pyridine rings is 1. The van der Waals surface area contributed by atoms with Crippen LogP contribution < -0.4 is 5.32 Å². The minimum atomic E-state index is -0.461. The van der Waals surface area contributed by atoms with E-state index in [1.165, 1.54) is 12.4 Å². The lowest BCUT2D eigenvalue weighted by atomic mass is 9.86. The average Bonchev–Trinajstić information content (AvgIpc) is 2.38. The summed E-state index contributed by atoms with van der Waals surface area (Å²) in [5.74, 6) is 0.147. The highest BCUT2D eigenvalue weighted by molar-refractivity contribution is 9.10. The van der Waals surface area contributed by atoms with E-state index >= 15 is 0 Å². The van der Waals surface area contributed by atoms with E-state index in [1.54, 1.807) is 0 Å². The van der Waals surface area contributed by atoms with Gasteiger partial charge in [0, 0.05) is 18.7 Å². The first-order valence-corrected chi connectivity index (χ1v) is 7.08. The van der Waals surface area contributed by atoms with Crippen molar-refractivity contribution in [2.45, 2.75) is 31.8 Å². The highest BCUT2D eigenvalue weighted by Gasteiger charge is 2.24. The van der Waals surface area contributed by atoms with E-state index < -0.39 is 4.92 Å². The summed E-state index contributed by atoms with van der Waals surface area (Å²) in [5, 5.41) is 23.9. The number of nitrogens with zero attached hydrogens (tertiary/aromatic N) is 2. The molecule has 1 heterocycles. The van der Waals surface area contributed by atoms with Crippen LogP contribution in [0.4, 0.5) is 11.4 Å². The minimum Gasteiger partial charge on any atom is -0.393 e. The average molecular weight is 330 g/mol. The van der Waals surface area contributed by atoms with Crippen LogP contribution >= 0.6 is 15.9 Å².